The second-order valence-corrected chi connectivity index (χ2v) is 10.6. The first-order valence-electron chi connectivity index (χ1n) is 12.8. The van der Waals surface area contributed by atoms with E-state index in [-0.39, 0.29) is 22.6 Å². The molecule has 2 aliphatic heterocycles. The first kappa shape index (κ1) is 29.6. The van der Waals surface area contributed by atoms with Gasteiger partial charge in [0, 0.05) is 36.3 Å². The molecular weight excluding hydrogens is 516 g/mol. The minimum atomic E-state index is -0.480. The zero-order valence-corrected chi connectivity index (χ0v) is 23.7. The lowest BCUT2D eigenvalue weighted by Crippen LogP contribution is -2.34. The van der Waals surface area contributed by atoms with E-state index in [4.69, 9.17) is 32.5 Å². The molecule has 11 heteroatoms. The number of amides is 1. The Morgan fingerprint density at radius 3 is 2.56 bits per heavy atom. The van der Waals surface area contributed by atoms with Crippen molar-refractivity contribution < 1.29 is 9.53 Å². The number of hydrogen-bond acceptors (Lipinski definition) is 9. The van der Waals surface area contributed by atoms with Gasteiger partial charge in [0.25, 0.3) is 5.91 Å². The average Bonchev–Trinajstić information content (AvgIpc) is 3.18. The summed E-state index contributed by atoms with van der Waals surface area (Å²) in [5.41, 5.74) is 7.68. The van der Waals surface area contributed by atoms with Crippen LogP contribution < -0.4 is 16.4 Å². The second kappa shape index (κ2) is 13.2. The maximum absolute atomic E-state index is 12.9. The number of amidine groups is 1. The lowest BCUT2D eigenvalue weighted by molar-refractivity contribution is 0.0977. The van der Waals surface area contributed by atoms with Gasteiger partial charge in [-0.05, 0) is 31.0 Å². The summed E-state index contributed by atoms with van der Waals surface area (Å²) in [5.74, 6) is 0.765. The Kier molecular flexibility index (Phi) is 10.1. The number of rotatable bonds is 6. The number of carbonyl (C=O) groups is 1. The highest BCUT2D eigenvalue weighted by Gasteiger charge is 2.22. The van der Waals surface area contributed by atoms with E-state index >= 15 is 0 Å². The fourth-order valence-corrected chi connectivity index (χ4v) is 4.25. The number of aliphatic imine (C=N–C) groups is 3. The third-order valence-corrected chi connectivity index (χ3v) is 6.44. The molecule has 1 amide bonds. The smallest absolute Gasteiger partial charge is 0.256 e. The van der Waals surface area contributed by atoms with Crippen molar-refractivity contribution in [2.75, 3.05) is 25.5 Å². The number of hydrogen-bond donors (Lipinski definition) is 4. The van der Waals surface area contributed by atoms with Gasteiger partial charge in [-0.3, -0.25) is 15.2 Å². The van der Waals surface area contributed by atoms with Crippen molar-refractivity contribution in [3.8, 4) is 0 Å². The third-order valence-electron chi connectivity index (χ3n) is 6.11. The summed E-state index contributed by atoms with van der Waals surface area (Å²) in [6.45, 7) is 11.3. The van der Waals surface area contributed by atoms with Gasteiger partial charge in [-0.2, -0.15) is 0 Å². The predicted molar refractivity (Wildman–Crippen MR) is 160 cm³/mol. The summed E-state index contributed by atoms with van der Waals surface area (Å²) in [6, 6.07) is 4.71. The van der Waals surface area contributed by atoms with E-state index in [0.29, 0.717) is 33.8 Å². The van der Waals surface area contributed by atoms with Gasteiger partial charge < -0.3 is 26.0 Å². The van der Waals surface area contributed by atoms with Crippen LogP contribution in [0.2, 0.25) is 5.02 Å². The molecule has 0 radical (unpaired) electrons. The highest BCUT2D eigenvalue weighted by molar-refractivity contribution is 6.41. The van der Waals surface area contributed by atoms with Gasteiger partial charge in [0.15, 0.2) is 0 Å². The maximum atomic E-state index is 12.9. The van der Waals surface area contributed by atoms with E-state index in [1.165, 1.54) is 32.2 Å². The normalized spacial score (nSPS) is 18.7. The zero-order valence-electron chi connectivity index (χ0n) is 23.0. The molecule has 3 rings (SSSR count). The largest absolute Gasteiger partial charge is 0.500 e. The van der Waals surface area contributed by atoms with Gasteiger partial charge >= 0.3 is 0 Å². The van der Waals surface area contributed by atoms with Crippen LogP contribution in [0.4, 0.5) is 5.69 Å². The molecule has 208 valence electrons. The topological polar surface area (TPSA) is 141 Å². The summed E-state index contributed by atoms with van der Waals surface area (Å²) in [6.07, 6.45) is 9.04. The molecule has 5 N–H and O–H groups in total. The highest BCUT2D eigenvalue weighted by atomic mass is 35.5. The van der Waals surface area contributed by atoms with Crippen molar-refractivity contribution in [3.63, 3.8) is 0 Å². The number of guanidine groups is 1. The van der Waals surface area contributed by atoms with Crippen LogP contribution in [0, 0.1) is 10.8 Å². The molecule has 0 unspecified atom stereocenters. The molecule has 0 saturated carbocycles. The number of nitrogens with one attached hydrogen (secondary N) is 3. The van der Waals surface area contributed by atoms with Crippen LogP contribution in [0.5, 0.6) is 0 Å². The number of carbonyl (C=O) groups excluding carboxylic acids is 1. The van der Waals surface area contributed by atoms with Crippen molar-refractivity contribution >= 4 is 46.9 Å². The molecule has 0 aromatic heterocycles. The lowest BCUT2D eigenvalue weighted by Gasteiger charge is -2.24. The lowest BCUT2D eigenvalue weighted by atomic mass is 9.93. The number of likely N-dealkylation sites (tertiary alicyclic amines) is 1. The number of anilines is 1. The summed E-state index contributed by atoms with van der Waals surface area (Å²) in [7, 11) is 1.53. The van der Waals surface area contributed by atoms with E-state index in [9.17, 15) is 4.79 Å². The number of nitrogens with two attached hydrogens (primary N) is 1. The minimum absolute atomic E-state index is 0.0972. The predicted octanol–water partition coefficient (Wildman–Crippen LogP) is 5.06. The molecule has 1 aromatic rings. The van der Waals surface area contributed by atoms with Gasteiger partial charge in [-0.15, -0.1) is 0 Å². The fraction of sp³-hybridized carbons (Fsp3) is 0.393. The monoisotopic (exact) mass is 552 g/mol. The van der Waals surface area contributed by atoms with Gasteiger partial charge in [0.1, 0.15) is 28.8 Å². The first-order valence-corrected chi connectivity index (χ1v) is 13.2. The van der Waals surface area contributed by atoms with Crippen LogP contribution >= 0.6 is 11.6 Å². The summed E-state index contributed by atoms with van der Waals surface area (Å²) >= 11 is 6.44. The number of ether oxygens (including phenoxy) is 1. The maximum Gasteiger partial charge on any atom is 0.256 e. The highest BCUT2D eigenvalue weighted by Crippen LogP contribution is 2.26. The Balaban J connectivity index is 1.86. The Morgan fingerprint density at radius 1 is 1.26 bits per heavy atom. The number of methoxy groups -OCH3 is 1. The van der Waals surface area contributed by atoms with Crippen molar-refractivity contribution in [2.24, 2.45) is 26.1 Å². The van der Waals surface area contributed by atoms with Crippen molar-refractivity contribution in [3.05, 3.63) is 64.9 Å². The molecule has 10 nitrogen and oxygen atoms in total. The number of allylic oxidation sites excluding steroid dienone is 2. The molecule has 2 aliphatic rings. The number of benzene rings is 1. The van der Waals surface area contributed by atoms with E-state index in [1.807, 2.05) is 20.8 Å². The van der Waals surface area contributed by atoms with E-state index < -0.39 is 5.91 Å². The van der Waals surface area contributed by atoms with Gasteiger partial charge in [-0.1, -0.05) is 51.8 Å². The molecule has 1 aromatic carbocycles. The number of halogens is 1. The van der Waals surface area contributed by atoms with E-state index in [0.717, 1.165) is 25.9 Å². The Bertz CT molecular complexity index is 1260. The van der Waals surface area contributed by atoms with Crippen LogP contribution in [-0.4, -0.2) is 54.7 Å². The quantitative estimate of drug-likeness (QED) is 0.222. The van der Waals surface area contributed by atoms with E-state index in [1.54, 1.807) is 24.4 Å². The minimum Gasteiger partial charge on any atom is -0.500 e. The van der Waals surface area contributed by atoms with Crippen molar-refractivity contribution in [1.29, 1.82) is 5.41 Å². The van der Waals surface area contributed by atoms with E-state index in [2.05, 4.69) is 32.1 Å². The Hall–Kier alpha value is -3.92. The van der Waals surface area contributed by atoms with Crippen LogP contribution in [0.3, 0.4) is 0 Å². The van der Waals surface area contributed by atoms with Crippen molar-refractivity contribution in [2.45, 2.75) is 46.5 Å². The standard InChI is InChI=1S/C28H37ClN8O2/c1-6-32-21-17-33-27(37-13-9-7-8-10-14-37)36-24(21)25(31)34-20-15-18(11-12-19(20)29)26(38)35-23(30)16-22(39-5)28(2,3)4/h6,11-12,15-17,34H,1,7-10,13-14,31H2,2-5H3,(H2,30,35,38)/b22-16-,25-24-,32-21-. The van der Waals surface area contributed by atoms with Gasteiger partial charge in [0.05, 0.1) is 24.0 Å². The Labute approximate surface area is 235 Å². The molecule has 0 atom stereocenters. The zero-order chi connectivity index (χ0) is 28.6. The summed E-state index contributed by atoms with van der Waals surface area (Å²) < 4.78 is 5.37. The first-order chi connectivity index (χ1) is 18.5. The molecular formula is C28H37ClN8O2. The summed E-state index contributed by atoms with van der Waals surface area (Å²) in [5, 5.41) is 14.2. The molecule has 39 heavy (non-hydrogen) atoms. The molecule has 1 saturated heterocycles. The molecule has 0 aliphatic carbocycles. The SMILES string of the molecule is C=C/N=C1/C=NC(N2CCCCCC2)=N/C1=C(/N)Nc1cc(C(=O)NC(=N)/C=C(\OC)C(C)(C)C)ccc1Cl. The molecule has 2 heterocycles. The third kappa shape index (κ3) is 8.03. The fourth-order valence-electron chi connectivity index (χ4n) is 4.09. The van der Waals surface area contributed by atoms with Crippen LogP contribution in [0.15, 0.2) is 69.3 Å². The van der Waals surface area contributed by atoms with Crippen LogP contribution in [0.25, 0.3) is 0 Å². The van der Waals surface area contributed by atoms with Crippen LogP contribution in [-0.2, 0) is 4.74 Å². The molecule has 0 bridgehead atoms. The second-order valence-electron chi connectivity index (χ2n) is 10.2. The van der Waals surface area contributed by atoms with Gasteiger partial charge in [-0.25, -0.2) is 9.98 Å². The average molecular weight is 553 g/mol. The van der Waals surface area contributed by atoms with Crippen LogP contribution in [0.1, 0.15) is 56.8 Å². The molecule has 0 spiro atoms. The molecule has 1 fully saturated rings. The summed E-state index contributed by atoms with van der Waals surface area (Å²) in [4.78, 5) is 28.5. The number of nitrogens with zero attached hydrogens (tertiary/aromatic N) is 4. The van der Waals surface area contributed by atoms with Gasteiger partial charge in [0.2, 0.25) is 5.96 Å². The van der Waals surface area contributed by atoms with Crippen molar-refractivity contribution in [1.82, 2.24) is 10.2 Å². The Morgan fingerprint density at radius 2 is 1.95 bits per heavy atom.